The van der Waals surface area contributed by atoms with E-state index < -0.39 is 26.2 Å². The number of thiophene rings is 1. The van der Waals surface area contributed by atoms with Gasteiger partial charge in [-0.3, -0.25) is 10.1 Å². The van der Waals surface area contributed by atoms with Gasteiger partial charge in [-0.25, -0.2) is 13.1 Å². The highest BCUT2D eigenvalue weighted by Crippen LogP contribution is 2.36. The van der Waals surface area contributed by atoms with E-state index in [9.17, 15) is 18.5 Å². The lowest BCUT2D eigenvalue weighted by atomic mass is 10.0. The molecular formula is C9H11ClN2O5S2. The number of nitrogens with one attached hydrogen (secondary N) is 1. The summed E-state index contributed by atoms with van der Waals surface area (Å²) < 4.78 is 31.6. The highest BCUT2D eigenvalue weighted by molar-refractivity contribution is 7.91. The molecule has 10 heteroatoms. The first kappa shape index (κ1) is 14.7. The molecule has 106 valence electrons. The number of hydrogen-bond acceptors (Lipinski definition) is 6. The molecule has 0 radical (unpaired) electrons. The maximum atomic E-state index is 12.1. The Bertz CT molecular complexity index is 606. The smallest absolute Gasteiger partial charge is 0.300 e. The molecule has 1 aromatic heterocycles. The molecule has 1 N–H and O–H groups in total. The van der Waals surface area contributed by atoms with Gasteiger partial charge in [-0.1, -0.05) is 11.6 Å². The standard InChI is InChI=1S/C9H11ClN2O5S2/c1-9(2-3-17-5-9)11-19(15,16)7-4-6(12(13)14)8(10)18-7/h4,11H,2-3,5H2,1H3. The summed E-state index contributed by atoms with van der Waals surface area (Å²) in [5, 5.41) is 10.7. The van der Waals surface area contributed by atoms with E-state index in [1.165, 1.54) is 0 Å². The number of sulfonamides is 1. The fourth-order valence-electron chi connectivity index (χ4n) is 1.72. The van der Waals surface area contributed by atoms with Crippen molar-refractivity contribution in [3.63, 3.8) is 0 Å². The Kier molecular flexibility index (Phi) is 3.85. The van der Waals surface area contributed by atoms with E-state index in [0.29, 0.717) is 24.4 Å². The monoisotopic (exact) mass is 326 g/mol. The maximum Gasteiger partial charge on any atom is 0.300 e. The van der Waals surface area contributed by atoms with E-state index in [2.05, 4.69) is 4.72 Å². The minimum absolute atomic E-state index is 0.154. The summed E-state index contributed by atoms with van der Waals surface area (Å²) in [6.45, 7) is 2.47. The van der Waals surface area contributed by atoms with Crippen LogP contribution in [0.4, 0.5) is 5.69 Å². The number of halogens is 1. The van der Waals surface area contributed by atoms with Gasteiger partial charge in [0.15, 0.2) is 4.34 Å². The van der Waals surface area contributed by atoms with Crippen LogP contribution in [0.25, 0.3) is 0 Å². The molecular weight excluding hydrogens is 316 g/mol. The second-order valence-corrected chi connectivity index (χ2v) is 8.01. The predicted molar refractivity (Wildman–Crippen MR) is 70.1 cm³/mol. The first-order chi connectivity index (χ1) is 8.73. The van der Waals surface area contributed by atoms with Crippen LogP contribution in [0.15, 0.2) is 10.3 Å². The SMILES string of the molecule is CC1(NS(=O)(=O)c2cc([N+](=O)[O-])c(Cl)s2)CCOC1. The van der Waals surface area contributed by atoms with Crippen molar-refractivity contribution in [1.82, 2.24) is 4.72 Å². The van der Waals surface area contributed by atoms with Gasteiger partial charge in [0.1, 0.15) is 4.21 Å². The molecule has 1 aliphatic rings. The van der Waals surface area contributed by atoms with E-state index in [1.54, 1.807) is 6.92 Å². The van der Waals surface area contributed by atoms with Crippen molar-refractivity contribution in [2.45, 2.75) is 23.1 Å². The summed E-state index contributed by atoms with van der Waals surface area (Å²) in [5.74, 6) is 0. The molecule has 0 aliphatic carbocycles. The zero-order valence-corrected chi connectivity index (χ0v) is 12.3. The first-order valence-corrected chi connectivity index (χ1v) is 7.97. The number of hydrogen-bond donors (Lipinski definition) is 1. The topological polar surface area (TPSA) is 98.5 Å². The van der Waals surface area contributed by atoms with Gasteiger partial charge in [-0.05, 0) is 13.3 Å². The number of rotatable bonds is 4. The Labute approximate surface area is 118 Å². The van der Waals surface area contributed by atoms with Crippen LogP contribution < -0.4 is 4.72 Å². The molecule has 1 fully saturated rings. The van der Waals surface area contributed by atoms with Crippen molar-refractivity contribution in [3.8, 4) is 0 Å². The van der Waals surface area contributed by atoms with Gasteiger partial charge in [0.25, 0.3) is 15.7 Å². The minimum Gasteiger partial charge on any atom is -0.379 e. The number of nitro groups is 1. The molecule has 0 amide bonds. The highest BCUT2D eigenvalue weighted by Gasteiger charge is 2.36. The predicted octanol–water partition coefficient (Wildman–Crippen LogP) is 1.77. The lowest BCUT2D eigenvalue weighted by molar-refractivity contribution is -0.384. The van der Waals surface area contributed by atoms with Gasteiger partial charge in [-0.15, -0.1) is 11.3 Å². The molecule has 2 rings (SSSR count). The Morgan fingerprint density at radius 2 is 2.32 bits per heavy atom. The fourth-order valence-corrected chi connectivity index (χ4v) is 4.80. The van der Waals surface area contributed by atoms with Crippen LogP contribution in [-0.2, 0) is 14.8 Å². The lowest BCUT2D eigenvalue weighted by Gasteiger charge is -2.22. The molecule has 1 atom stereocenters. The molecule has 1 saturated heterocycles. The Morgan fingerprint density at radius 1 is 1.63 bits per heavy atom. The van der Waals surface area contributed by atoms with E-state index in [0.717, 1.165) is 6.07 Å². The summed E-state index contributed by atoms with van der Waals surface area (Å²) in [4.78, 5) is 9.95. The lowest BCUT2D eigenvalue weighted by Crippen LogP contribution is -2.46. The van der Waals surface area contributed by atoms with Gasteiger partial charge < -0.3 is 4.74 Å². The Balaban J connectivity index is 2.29. The summed E-state index contributed by atoms with van der Waals surface area (Å²) in [7, 11) is -3.84. The zero-order valence-electron chi connectivity index (χ0n) is 9.88. The largest absolute Gasteiger partial charge is 0.379 e. The van der Waals surface area contributed by atoms with Crippen molar-refractivity contribution < 1.29 is 18.1 Å². The third kappa shape index (κ3) is 3.06. The van der Waals surface area contributed by atoms with Gasteiger partial charge in [0, 0.05) is 12.7 Å². The molecule has 0 saturated carbocycles. The summed E-state index contributed by atoms with van der Waals surface area (Å²) in [5.41, 5.74) is -1.09. The van der Waals surface area contributed by atoms with Crippen LogP contribution in [0.5, 0.6) is 0 Å². The van der Waals surface area contributed by atoms with Crippen LogP contribution in [0.1, 0.15) is 13.3 Å². The molecule has 1 aliphatic heterocycles. The summed E-state index contributed by atoms with van der Waals surface area (Å²) in [6.07, 6.45) is 0.549. The summed E-state index contributed by atoms with van der Waals surface area (Å²) >= 11 is 6.32. The van der Waals surface area contributed by atoms with E-state index in [1.807, 2.05) is 0 Å². The van der Waals surface area contributed by atoms with Crippen molar-refractivity contribution >= 4 is 38.6 Å². The van der Waals surface area contributed by atoms with Gasteiger partial charge in [-0.2, -0.15) is 0 Å². The molecule has 1 unspecified atom stereocenters. The second kappa shape index (κ2) is 4.98. The van der Waals surface area contributed by atoms with Crippen molar-refractivity contribution in [1.29, 1.82) is 0 Å². The van der Waals surface area contributed by atoms with Crippen molar-refractivity contribution in [2.24, 2.45) is 0 Å². The highest BCUT2D eigenvalue weighted by atomic mass is 35.5. The van der Waals surface area contributed by atoms with Gasteiger partial charge >= 0.3 is 0 Å². The van der Waals surface area contributed by atoms with Gasteiger partial charge in [0.05, 0.1) is 17.1 Å². The van der Waals surface area contributed by atoms with Gasteiger partial charge in [0.2, 0.25) is 0 Å². The Morgan fingerprint density at radius 3 is 2.79 bits per heavy atom. The maximum absolute atomic E-state index is 12.1. The quantitative estimate of drug-likeness (QED) is 0.671. The average Bonchev–Trinajstić information content (AvgIpc) is 2.84. The van der Waals surface area contributed by atoms with Crippen molar-refractivity contribution in [3.05, 3.63) is 20.5 Å². The molecule has 0 bridgehead atoms. The number of nitrogens with zero attached hydrogens (tertiary/aromatic N) is 1. The van der Waals surface area contributed by atoms with Crippen LogP contribution >= 0.6 is 22.9 Å². The van der Waals surface area contributed by atoms with Crippen LogP contribution in [0.3, 0.4) is 0 Å². The van der Waals surface area contributed by atoms with Crippen LogP contribution in [0.2, 0.25) is 4.34 Å². The minimum atomic E-state index is -3.84. The molecule has 19 heavy (non-hydrogen) atoms. The van der Waals surface area contributed by atoms with E-state index in [-0.39, 0.29) is 15.2 Å². The number of ether oxygens (including phenoxy) is 1. The van der Waals surface area contributed by atoms with Crippen LogP contribution in [0, 0.1) is 10.1 Å². The molecule has 0 aromatic carbocycles. The summed E-state index contributed by atoms with van der Waals surface area (Å²) in [6, 6.07) is 0.967. The van der Waals surface area contributed by atoms with E-state index in [4.69, 9.17) is 16.3 Å². The van der Waals surface area contributed by atoms with Crippen molar-refractivity contribution in [2.75, 3.05) is 13.2 Å². The second-order valence-electron chi connectivity index (χ2n) is 4.45. The third-order valence-electron chi connectivity index (χ3n) is 2.71. The average molecular weight is 327 g/mol. The Hall–Kier alpha value is -0.740. The third-order valence-corrected chi connectivity index (χ3v) is 6.16. The molecule has 1 aromatic rings. The fraction of sp³-hybridized carbons (Fsp3) is 0.556. The molecule has 2 heterocycles. The van der Waals surface area contributed by atoms with E-state index >= 15 is 0 Å². The molecule has 0 spiro atoms. The normalized spacial score (nSPS) is 23.7. The zero-order chi connectivity index (χ0) is 14.3. The molecule has 7 nitrogen and oxygen atoms in total. The van der Waals surface area contributed by atoms with Crippen LogP contribution in [-0.4, -0.2) is 32.1 Å². The first-order valence-electron chi connectivity index (χ1n) is 5.29.